The van der Waals surface area contributed by atoms with Crippen LogP contribution in [-0.2, 0) is 23.0 Å². The zero-order valence-corrected chi connectivity index (χ0v) is 19.1. The molecule has 0 aliphatic carbocycles. The molecule has 0 amide bonds. The van der Waals surface area contributed by atoms with E-state index >= 15 is 0 Å². The summed E-state index contributed by atoms with van der Waals surface area (Å²) in [6.45, 7) is 2.28. The molecule has 0 heterocycles. The molecule has 0 aromatic rings. The monoisotopic (exact) mass is 415 g/mol. The second-order valence-corrected chi connectivity index (χ2v) is 12.2. The van der Waals surface area contributed by atoms with E-state index < -0.39 is 23.0 Å². The fourth-order valence-corrected chi connectivity index (χ4v) is 4.85. The molecule has 0 rings (SSSR count). The number of hydrogen-bond donors (Lipinski definition) is 1. The van der Waals surface area contributed by atoms with Crippen LogP contribution >= 0.6 is 8.32 Å². The van der Waals surface area contributed by atoms with Gasteiger partial charge in [-0.25, -0.2) is 0 Å². The third-order valence-corrected chi connectivity index (χ3v) is 8.99. The Labute approximate surface area is 149 Å². The van der Waals surface area contributed by atoms with Crippen LogP contribution in [0.3, 0.4) is 0 Å². The number of unbranched alkanes of at least 4 members (excludes halogenated alkanes) is 11. The van der Waals surface area contributed by atoms with Crippen molar-refractivity contribution < 1.29 is 23.0 Å². The van der Waals surface area contributed by atoms with Crippen molar-refractivity contribution in [3.8, 4) is 0 Å². The topological polar surface area (TPSA) is 26.0 Å². The Morgan fingerprint density at radius 2 is 1.29 bits per heavy atom. The molecular weight excluding hydrogens is 378 g/mol. The van der Waals surface area contributed by atoms with Crippen molar-refractivity contribution >= 4 is 8.32 Å². The fourth-order valence-electron chi connectivity index (χ4n) is 2.55. The third-order valence-electron chi connectivity index (χ3n) is 4.03. The molecule has 0 fully saturated rings. The van der Waals surface area contributed by atoms with Gasteiger partial charge in [-0.1, -0.05) is 39.0 Å². The summed E-state index contributed by atoms with van der Waals surface area (Å²) in [6.07, 6.45) is 23.7. The molecular formula is C18H36CdClN. The Balaban J connectivity index is 3.08. The van der Waals surface area contributed by atoms with Gasteiger partial charge in [-0.2, -0.15) is 0 Å². The van der Waals surface area contributed by atoms with Gasteiger partial charge in [0.2, 0.25) is 0 Å². The van der Waals surface area contributed by atoms with Gasteiger partial charge in [0, 0.05) is 0 Å². The van der Waals surface area contributed by atoms with Gasteiger partial charge in [-0.3, -0.25) is 0 Å². The van der Waals surface area contributed by atoms with Crippen molar-refractivity contribution in [2.24, 2.45) is 5.73 Å². The van der Waals surface area contributed by atoms with Crippen molar-refractivity contribution in [3.05, 3.63) is 12.2 Å². The van der Waals surface area contributed by atoms with E-state index in [-0.39, 0.29) is 0 Å². The number of nitrogens with two attached hydrogens (primary N) is 1. The first kappa shape index (κ1) is 21.9. The van der Waals surface area contributed by atoms with Gasteiger partial charge in [-0.15, -0.1) is 0 Å². The van der Waals surface area contributed by atoms with Crippen LogP contribution in [0.1, 0.15) is 96.8 Å². The molecule has 122 valence electrons. The molecule has 0 aliphatic rings. The normalized spacial score (nSPS) is 12.7. The molecule has 0 bridgehead atoms. The van der Waals surface area contributed by atoms with Crippen LogP contribution in [0.15, 0.2) is 12.2 Å². The van der Waals surface area contributed by atoms with E-state index in [4.69, 9.17) is 14.0 Å². The molecule has 0 aromatic carbocycles. The van der Waals surface area contributed by atoms with Crippen LogP contribution in [-0.4, -0.2) is 3.60 Å². The van der Waals surface area contributed by atoms with Crippen LogP contribution in [0.5, 0.6) is 0 Å². The molecule has 0 saturated heterocycles. The van der Waals surface area contributed by atoms with E-state index in [2.05, 4.69) is 19.1 Å². The van der Waals surface area contributed by atoms with Gasteiger partial charge >= 0.3 is 111 Å². The number of rotatable bonds is 16. The predicted molar refractivity (Wildman–Crippen MR) is 93.3 cm³/mol. The van der Waals surface area contributed by atoms with E-state index in [9.17, 15) is 0 Å². The number of halogens is 1. The summed E-state index contributed by atoms with van der Waals surface area (Å²) in [7, 11) is 5.89. The van der Waals surface area contributed by atoms with Crippen molar-refractivity contribution in [1.29, 1.82) is 0 Å². The third kappa shape index (κ3) is 18.9. The molecule has 1 atom stereocenters. The standard InChI is InChI=1S/C18H36N.Cd.ClH/c1-2-3-4-5-6-7-8-9-10-11-12-13-14-15-16-17-18-19;;/h9-10,18H,2-8,11-17,19H2,1H3;;1H/q;+1;/p-1/b10-9-;;. The first-order valence-electron chi connectivity index (χ1n) is 9.27. The minimum atomic E-state index is -1.04. The summed E-state index contributed by atoms with van der Waals surface area (Å²) in [5.74, 6) is 0. The van der Waals surface area contributed by atoms with E-state index in [1.165, 1.54) is 89.9 Å². The molecule has 0 aromatic heterocycles. The molecule has 2 N–H and O–H groups in total. The van der Waals surface area contributed by atoms with Gasteiger partial charge in [0.15, 0.2) is 0 Å². The van der Waals surface area contributed by atoms with Crippen molar-refractivity contribution in [2.75, 3.05) is 0 Å². The fraction of sp³-hybridized carbons (Fsp3) is 0.889. The molecule has 0 spiro atoms. The first-order valence-corrected chi connectivity index (χ1v) is 16.7. The molecule has 1 unspecified atom stereocenters. The van der Waals surface area contributed by atoms with Crippen LogP contribution in [0, 0.1) is 0 Å². The molecule has 21 heavy (non-hydrogen) atoms. The van der Waals surface area contributed by atoms with Crippen LogP contribution in [0.4, 0.5) is 0 Å². The van der Waals surface area contributed by atoms with Gasteiger partial charge in [-0.05, 0) is 0 Å². The summed E-state index contributed by atoms with van der Waals surface area (Å²) in [5, 5.41) is 0. The summed E-state index contributed by atoms with van der Waals surface area (Å²) in [5.41, 5.74) is 5.88. The quantitative estimate of drug-likeness (QED) is 0.173. The maximum absolute atomic E-state index is 5.89. The SMILES string of the molecule is CCCCCCCC/C=C\CCCCCCC[CH](N)[Cd][Cl]. The molecule has 0 saturated carbocycles. The van der Waals surface area contributed by atoms with Gasteiger partial charge in [0.1, 0.15) is 0 Å². The molecule has 3 heteroatoms. The zero-order valence-electron chi connectivity index (χ0n) is 14.3. The van der Waals surface area contributed by atoms with E-state index in [0.29, 0.717) is 3.60 Å². The molecule has 0 radical (unpaired) electrons. The van der Waals surface area contributed by atoms with Crippen molar-refractivity contribution in [2.45, 2.75) is 100 Å². The Hall–Kier alpha value is 0.912. The summed E-state index contributed by atoms with van der Waals surface area (Å²) < 4.78 is 0.415. The number of hydrogen-bond acceptors (Lipinski definition) is 1. The maximum atomic E-state index is 5.89. The second-order valence-electron chi connectivity index (χ2n) is 6.29. The summed E-state index contributed by atoms with van der Waals surface area (Å²) in [6, 6.07) is 0. The summed E-state index contributed by atoms with van der Waals surface area (Å²) >= 11 is -1.04. The summed E-state index contributed by atoms with van der Waals surface area (Å²) in [4.78, 5) is 0. The zero-order chi connectivity index (χ0) is 15.6. The van der Waals surface area contributed by atoms with Gasteiger partial charge < -0.3 is 0 Å². The average molecular weight is 414 g/mol. The minimum absolute atomic E-state index is 0.415. The van der Waals surface area contributed by atoms with Crippen molar-refractivity contribution in [3.63, 3.8) is 0 Å². The Morgan fingerprint density at radius 1 is 0.810 bits per heavy atom. The second kappa shape index (κ2) is 19.0. The van der Waals surface area contributed by atoms with Gasteiger partial charge in [0.05, 0.1) is 0 Å². The Morgan fingerprint density at radius 3 is 1.81 bits per heavy atom. The molecule has 1 nitrogen and oxygen atoms in total. The van der Waals surface area contributed by atoms with E-state index in [1.807, 2.05) is 0 Å². The van der Waals surface area contributed by atoms with Crippen molar-refractivity contribution in [1.82, 2.24) is 0 Å². The molecule has 0 aliphatic heterocycles. The van der Waals surface area contributed by atoms with Gasteiger partial charge in [0.25, 0.3) is 0 Å². The first-order chi connectivity index (χ1) is 10.3. The Kier molecular flexibility index (Phi) is 19.8. The van der Waals surface area contributed by atoms with Crippen LogP contribution in [0.25, 0.3) is 0 Å². The Bertz CT molecular complexity index is 221. The van der Waals surface area contributed by atoms with Crippen LogP contribution < -0.4 is 5.73 Å². The van der Waals surface area contributed by atoms with E-state index in [1.54, 1.807) is 0 Å². The van der Waals surface area contributed by atoms with E-state index in [0.717, 1.165) is 0 Å². The average Bonchev–Trinajstić information content (AvgIpc) is 2.50. The number of allylic oxidation sites excluding steroid dienone is 2. The van der Waals surface area contributed by atoms with Crippen LogP contribution in [0.2, 0.25) is 0 Å². The predicted octanol–water partition coefficient (Wildman–Crippen LogP) is 6.55.